The quantitative estimate of drug-likeness (QED) is 0.390. The fourth-order valence-corrected chi connectivity index (χ4v) is 2.54. The van der Waals surface area contributed by atoms with Crippen LogP contribution < -0.4 is 0 Å². The summed E-state index contributed by atoms with van der Waals surface area (Å²) in [5, 5.41) is 9.67. The Balaban J connectivity index is 2.10. The van der Waals surface area contributed by atoms with Gasteiger partial charge in [-0.3, -0.25) is 4.79 Å². The zero-order chi connectivity index (χ0) is 13.2. The van der Waals surface area contributed by atoms with Crippen LogP contribution in [-0.2, 0) is 9.53 Å². The number of unbranched alkanes of at least 4 members (excludes halogenated alkanes) is 5. The number of hydrogen-bond acceptors (Lipinski definition) is 3. The van der Waals surface area contributed by atoms with E-state index in [1.165, 1.54) is 32.1 Å². The SMILES string of the molecule is CCCCCCCC=CC1CC(O)C(OC=O)C1. The van der Waals surface area contributed by atoms with E-state index in [-0.39, 0.29) is 6.10 Å². The third-order valence-corrected chi connectivity index (χ3v) is 3.62. The topological polar surface area (TPSA) is 46.5 Å². The van der Waals surface area contributed by atoms with Crippen molar-refractivity contribution < 1.29 is 14.6 Å². The maximum atomic E-state index is 10.2. The second kappa shape index (κ2) is 9.15. The van der Waals surface area contributed by atoms with E-state index in [0.717, 1.165) is 12.8 Å². The average molecular weight is 254 g/mol. The van der Waals surface area contributed by atoms with Crippen LogP contribution in [0, 0.1) is 5.92 Å². The molecule has 1 fully saturated rings. The van der Waals surface area contributed by atoms with Gasteiger partial charge in [0.25, 0.3) is 6.47 Å². The normalized spacial score (nSPS) is 27.8. The Hall–Kier alpha value is -0.830. The molecule has 1 rings (SSSR count). The predicted molar refractivity (Wildman–Crippen MR) is 72.2 cm³/mol. The molecule has 3 nitrogen and oxygen atoms in total. The lowest BCUT2D eigenvalue weighted by Crippen LogP contribution is -2.21. The highest BCUT2D eigenvalue weighted by Crippen LogP contribution is 2.29. The van der Waals surface area contributed by atoms with Gasteiger partial charge >= 0.3 is 0 Å². The van der Waals surface area contributed by atoms with Crippen LogP contribution in [0.4, 0.5) is 0 Å². The van der Waals surface area contributed by atoms with Crippen molar-refractivity contribution in [2.45, 2.75) is 70.5 Å². The highest BCUT2D eigenvalue weighted by molar-refractivity contribution is 5.37. The van der Waals surface area contributed by atoms with Gasteiger partial charge in [-0.1, -0.05) is 44.8 Å². The number of ether oxygens (including phenoxy) is 1. The number of carbonyl (C=O) groups excluding carboxylic acids is 1. The Morgan fingerprint density at radius 1 is 1.22 bits per heavy atom. The standard InChI is InChI=1S/C15H26O3/c1-2-3-4-5-6-7-8-9-13-10-14(17)15(11-13)18-12-16/h8-9,12-15,17H,2-7,10-11H2,1H3. The lowest BCUT2D eigenvalue weighted by Gasteiger charge is -2.10. The summed E-state index contributed by atoms with van der Waals surface area (Å²) in [7, 11) is 0. The molecule has 0 radical (unpaired) electrons. The van der Waals surface area contributed by atoms with Crippen LogP contribution in [0.15, 0.2) is 12.2 Å². The minimum Gasteiger partial charge on any atom is -0.462 e. The zero-order valence-corrected chi connectivity index (χ0v) is 11.4. The molecule has 0 bridgehead atoms. The summed E-state index contributed by atoms with van der Waals surface area (Å²) < 4.78 is 4.85. The Morgan fingerprint density at radius 3 is 2.72 bits per heavy atom. The van der Waals surface area contributed by atoms with Crippen molar-refractivity contribution in [3.8, 4) is 0 Å². The molecule has 0 aliphatic heterocycles. The van der Waals surface area contributed by atoms with Crippen LogP contribution in [0.1, 0.15) is 58.3 Å². The second-order valence-electron chi connectivity index (χ2n) is 5.20. The van der Waals surface area contributed by atoms with Gasteiger partial charge in [0, 0.05) is 0 Å². The Kier molecular flexibility index (Phi) is 7.74. The van der Waals surface area contributed by atoms with Gasteiger partial charge in [0.15, 0.2) is 0 Å². The third-order valence-electron chi connectivity index (χ3n) is 3.62. The van der Waals surface area contributed by atoms with E-state index >= 15 is 0 Å². The Labute approximate surface area is 110 Å². The molecule has 0 spiro atoms. The van der Waals surface area contributed by atoms with Gasteiger partial charge in [-0.25, -0.2) is 0 Å². The number of hydrogen-bond donors (Lipinski definition) is 1. The van der Waals surface area contributed by atoms with Crippen molar-refractivity contribution in [3.63, 3.8) is 0 Å². The van der Waals surface area contributed by atoms with Crippen LogP contribution in [0.25, 0.3) is 0 Å². The summed E-state index contributed by atoms with van der Waals surface area (Å²) >= 11 is 0. The number of rotatable bonds is 9. The fourth-order valence-electron chi connectivity index (χ4n) is 2.54. The van der Waals surface area contributed by atoms with Gasteiger partial charge in [0.2, 0.25) is 0 Å². The predicted octanol–water partition coefficient (Wildman–Crippen LogP) is 3.22. The van der Waals surface area contributed by atoms with E-state index in [9.17, 15) is 9.90 Å². The van der Waals surface area contributed by atoms with E-state index in [4.69, 9.17) is 4.74 Å². The summed E-state index contributed by atoms with van der Waals surface area (Å²) in [5.74, 6) is 0.362. The Bertz CT molecular complexity index is 250. The van der Waals surface area contributed by atoms with Gasteiger partial charge in [-0.2, -0.15) is 0 Å². The van der Waals surface area contributed by atoms with Crippen LogP contribution in [-0.4, -0.2) is 23.8 Å². The van der Waals surface area contributed by atoms with Crippen LogP contribution in [0.5, 0.6) is 0 Å². The monoisotopic (exact) mass is 254 g/mol. The number of aliphatic hydroxyl groups excluding tert-OH is 1. The van der Waals surface area contributed by atoms with E-state index in [1.807, 2.05) is 0 Å². The van der Waals surface area contributed by atoms with Crippen molar-refractivity contribution in [3.05, 3.63) is 12.2 Å². The molecule has 0 aromatic carbocycles. The molecule has 0 saturated heterocycles. The molecule has 1 N–H and O–H groups in total. The smallest absolute Gasteiger partial charge is 0.293 e. The summed E-state index contributed by atoms with van der Waals surface area (Å²) in [6, 6.07) is 0. The number of aliphatic hydroxyl groups is 1. The van der Waals surface area contributed by atoms with Crippen LogP contribution in [0.2, 0.25) is 0 Å². The molecule has 18 heavy (non-hydrogen) atoms. The molecule has 3 atom stereocenters. The molecule has 3 unspecified atom stereocenters. The van der Waals surface area contributed by atoms with Gasteiger partial charge in [0.1, 0.15) is 6.10 Å². The van der Waals surface area contributed by atoms with Crippen molar-refractivity contribution in [1.29, 1.82) is 0 Å². The van der Waals surface area contributed by atoms with Crippen molar-refractivity contribution in [1.82, 2.24) is 0 Å². The zero-order valence-electron chi connectivity index (χ0n) is 11.4. The number of carbonyl (C=O) groups is 1. The molecule has 1 aliphatic rings. The lowest BCUT2D eigenvalue weighted by molar-refractivity contribution is -0.137. The number of allylic oxidation sites excluding steroid dienone is 2. The minimum absolute atomic E-state index is 0.304. The highest BCUT2D eigenvalue weighted by atomic mass is 16.5. The highest BCUT2D eigenvalue weighted by Gasteiger charge is 2.32. The van der Waals surface area contributed by atoms with Crippen molar-refractivity contribution >= 4 is 6.47 Å². The molecular formula is C15H26O3. The molecule has 3 heteroatoms. The first-order chi connectivity index (χ1) is 8.77. The van der Waals surface area contributed by atoms with E-state index < -0.39 is 6.10 Å². The van der Waals surface area contributed by atoms with Gasteiger partial charge in [0.05, 0.1) is 6.10 Å². The summed E-state index contributed by atoms with van der Waals surface area (Å²) in [4.78, 5) is 10.2. The summed E-state index contributed by atoms with van der Waals surface area (Å²) in [6.45, 7) is 2.66. The molecule has 0 aromatic rings. The average Bonchev–Trinajstić information content (AvgIpc) is 2.70. The van der Waals surface area contributed by atoms with Gasteiger partial charge < -0.3 is 9.84 Å². The maximum absolute atomic E-state index is 10.2. The van der Waals surface area contributed by atoms with Crippen molar-refractivity contribution in [2.75, 3.05) is 0 Å². The largest absolute Gasteiger partial charge is 0.462 e. The van der Waals surface area contributed by atoms with Gasteiger partial charge in [-0.05, 0) is 31.6 Å². The van der Waals surface area contributed by atoms with E-state index in [1.54, 1.807) is 0 Å². The maximum Gasteiger partial charge on any atom is 0.293 e. The van der Waals surface area contributed by atoms with Crippen LogP contribution >= 0.6 is 0 Å². The van der Waals surface area contributed by atoms with E-state index in [2.05, 4.69) is 19.1 Å². The summed E-state index contributed by atoms with van der Waals surface area (Å²) in [6.07, 6.45) is 12.7. The molecular weight excluding hydrogens is 228 g/mol. The first kappa shape index (κ1) is 15.2. The first-order valence-corrected chi connectivity index (χ1v) is 7.21. The van der Waals surface area contributed by atoms with Gasteiger partial charge in [-0.15, -0.1) is 0 Å². The molecule has 0 heterocycles. The summed E-state index contributed by atoms with van der Waals surface area (Å²) in [5.41, 5.74) is 0. The second-order valence-corrected chi connectivity index (χ2v) is 5.20. The molecule has 0 amide bonds. The van der Waals surface area contributed by atoms with E-state index in [0.29, 0.717) is 18.8 Å². The van der Waals surface area contributed by atoms with Crippen LogP contribution in [0.3, 0.4) is 0 Å². The molecule has 104 valence electrons. The third kappa shape index (κ3) is 5.67. The molecule has 1 aliphatic carbocycles. The first-order valence-electron chi connectivity index (χ1n) is 7.21. The molecule has 0 aromatic heterocycles. The molecule has 1 saturated carbocycles. The Morgan fingerprint density at radius 2 is 2.00 bits per heavy atom. The minimum atomic E-state index is -0.491. The van der Waals surface area contributed by atoms with Crippen molar-refractivity contribution in [2.24, 2.45) is 5.92 Å². The lowest BCUT2D eigenvalue weighted by atomic mass is 10.1. The fraction of sp³-hybridized carbons (Fsp3) is 0.800.